The summed E-state index contributed by atoms with van der Waals surface area (Å²) in [7, 11) is 3.90. The first-order valence-corrected chi connectivity index (χ1v) is 4.94. The number of likely N-dealkylation sites (tertiary alicyclic amines) is 1. The van der Waals surface area contributed by atoms with Gasteiger partial charge in [-0.15, -0.1) is 0 Å². The lowest BCUT2D eigenvalue weighted by molar-refractivity contribution is 0.0436. The number of aromatic nitrogens is 2. The summed E-state index contributed by atoms with van der Waals surface area (Å²) >= 11 is 0. The number of aryl methyl sites for hydroxylation is 1. The molecule has 1 aliphatic rings. The molecule has 0 aromatic carbocycles. The standard InChI is InChI=1S/C10H17N3O/c1-8-6-10(14,7-12(8)2)9-4-5-13(3)11-9/h4-5,8,14H,6-7H2,1-3H3. The maximum Gasteiger partial charge on any atom is 0.122 e. The van der Waals surface area contributed by atoms with E-state index in [-0.39, 0.29) is 0 Å². The largest absolute Gasteiger partial charge is 0.382 e. The smallest absolute Gasteiger partial charge is 0.122 e. The van der Waals surface area contributed by atoms with Crippen LogP contribution in [0.25, 0.3) is 0 Å². The van der Waals surface area contributed by atoms with Crippen LogP contribution in [0.3, 0.4) is 0 Å². The van der Waals surface area contributed by atoms with Crippen LogP contribution in [-0.4, -0.2) is 39.4 Å². The van der Waals surface area contributed by atoms with E-state index in [9.17, 15) is 5.11 Å². The molecule has 1 saturated heterocycles. The van der Waals surface area contributed by atoms with Crippen molar-refractivity contribution in [2.75, 3.05) is 13.6 Å². The van der Waals surface area contributed by atoms with E-state index >= 15 is 0 Å². The highest BCUT2D eigenvalue weighted by molar-refractivity contribution is 5.14. The minimum Gasteiger partial charge on any atom is -0.382 e. The molecule has 0 amide bonds. The Hall–Kier alpha value is -0.870. The third-order valence-electron chi connectivity index (χ3n) is 3.09. The van der Waals surface area contributed by atoms with Gasteiger partial charge in [0.2, 0.25) is 0 Å². The molecule has 0 radical (unpaired) electrons. The molecule has 2 rings (SSSR count). The summed E-state index contributed by atoms with van der Waals surface area (Å²) in [5.74, 6) is 0. The third kappa shape index (κ3) is 1.44. The molecule has 2 atom stereocenters. The number of nitrogens with zero attached hydrogens (tertiary/aromatic N) is 3. The van der Waals surface area contributed by atoms with Crippen molar-refractivity contribution in [1.29, 1.82) is 0 Å². The quantitative estimate of drug-likeness (QED) is 0.702. The number of β-amino-alcohol motifs (C(OH)–C–C–N with tert-alkyl or cyclic N) is 1. The van der Waals surface area contributed by atoms with E-state index in [0.29, 0.717) is 12.6 Å². The fraction of sp³-hybridized carbons (Fsp3) is 0.700. The van der Waals surface area contributed by atoms with Crippen molar-refractivity contribution < 1.29 is 5.11 Å². The number of hydrogen-bond acceptors (Lipinski definition) is 3. The topological polar surface area (TPSA) is 41.3 Å². The molecule has 0 saturated carbocycles. The van der Waals surface area contributed by atoms with Crippen molar-refractivity contribution in [3.8, 4) is 0 Å². The monoisotopic (exact) mass is 195 g/mol. The van der Waals surface area contributed by atoms with Gasteiger partial charge in [-0.05, 0) is 26.5 Å². The van der Waals surface area contributed by atoms with Crippen molar-refractivity contribution in [3.05, 3.63) is 18.0 Å². The Labute approximate surface area is 84.1 Å². The van der Waals surface area contributed by atoms with Crippen LogP contribution in [0, 0.1) is 0 Å². The molecule has 2 heterocycles. The lowest BCUT2D eigenvalue weighted by atomic mass is 9.97. The van der Waals surface area contributed by atoms with E-state index in [2.05, 4.69) is 16.9 Å². The molecule has 2 unspecified atom stereocenters. The van der Waals surface area contributed by atoms with E-state index in [0.717, 1.165) is 12.1 Å². The van der Waals surface area contributed by atoms with Gasteiger partial charge in [-0.3, -0.25) is 4.68 Å². The van der Waals surface area contributed by atoms with Crippen molar-refractivity contribution in [3.63, 3.8) is 0 Å². The first-order valence-electron chi connectivity index (χ1n) is 4.94. The number of likely N-dealkylation sites (N-methyl/N-ethyl adjacent to an activating group) is 1. The van der Waals surface area contributed by atoms with E-state index in [4.69, 9.17) is 0 Å². The van der Waals surface area contributed by atoms with Crippen molar-refractivity contribution in [2.45, 2.75) is 25.0 Å². The van der Waals surface area contributed by atoms with E-state index in [1.165, 1.54) is 0 Å². The minimum atomic E-state index is -0.755. The first kappa shape index (κ1) is 9.68. The second-order valence-corrected chi connectivity index (χ2v) is 4.37. The molecule has 1 aliphatic heterocycles. The minimum absolute atomic E-state index is 0.419. The molecular formula is C10H17N3O. The molecule has 4 heteroatoms. The first-order chi connectivity index (χ1) is 6.51. The molecule has 0 bridgehead atoms. The van der Waals surface area contributed by atoms with E-state index in [1.807, 2.05) is 26.4 Å². The fourth-order valence-corrected chi connectivity index (χ4v) is 2.13. The Balaban J connectivity index is 2.26. The highest BCUT2D eigenvalue weighted by atomic mass is 16.3. The second kappa shape index (κ2) is 3.07. The summed E-state index contributed by atoms with van der Waals surface area (Å²) in [5.41, 5.74) is 0.0336. The summed E-state index contributed by atoms with van der Waals surface area (Å²) in [5, 5.41) is 14.7. The van der Waals surface area contributed by atoms with Gasteiger partial charge in [0.1, 0.15) is 5.60 Å². The molecule has 1 fully saturated rings. The van der Waals surface area contributed by atoms with Crippen LogP contribution in [0.1, 0.15) is 19.0 Å². The number of rotatable bonds is 1. The van der Waals surface area contributed by atoms with Crippen LogP contribution in [0.15, 0.2) is 12.3 Å². The second-order valence-electron chi connectivity index (χ2n) is 4.37. The summed E-state index contributed by atoms with van der Waals surface area (Å²) in [6.45, 7) is 2.80. The van der Waals surface area contributed by atoms with Crippen LogP contribution in [-0.2, 0) is 12.6 Å². The lowest BCUT2D eigenvalue weighted by Crippen LogP contribution is -2.30. The van der Waals surface area contributed by atoms with Gasteiger partial charge >= 0.3 is 0 Å². The normalized spacial score (nSPS) is 33.9. The maximum absolute atomic E-state index is 10.4. The zero-order chi connectivity index (χ0) is 10.3. The predicted molar refractivity (Wildman–Crippen MR) is 53.8 cm³/mol. The molecule has 0 aliphatic carbocycles. The van der Waals surface area contributed by atoms with Gasteiger partial charge < -0.3 is 10.0 Å². The maximum atomic E-state index is 10.4. The molecule has 78 valence electrons. The van der Waals surface area contributed by atoms with E-state index < -0.39 is 5.60 Å². The van der Waals surface area contributed by atoms with Crippen LogP contribution < -0.4 is 0 Å². The van der Waals surface area contributed by atoms with Gasteiger partial charge in [-0.25, -0.2) is 0 Å². The average Bonchev–Trinajstić information content (AvgIpc) is 2.60. The Bertz CT molecular complexity index is 324. The Morgan fingerprint density at radius 3 is 2.71 bits per heavy atom. The Kier molecular flexibility index (Phi) is 2.12. The summed E-state index contributed by atoms with van der Waals surface area (Å²) < 4.78 is 1.73. The van der Waals surface area contributed by atoms with Crippen LogP contribution in [0.2, 0.25) is 0 Å². The van der Waals surface area contributed by atoms with Crippen LogP contribution in [0.4, 0.5) is 0 Å². The average molecular weight is 195 g/mol. The summed E-state index contributed by atoms with van der Waals surface area (Å²) in [6.07, 6.45) is 2.64. The van der Waals surface area contributed by atoms with Crippen LogP contribution in [0.5, 0.6) is 0 Å². The van der Waals surface area contributed by atoms with Crippen LogP contribution >= 0.6 is 0 Å². The highest BCUT2D eigenvalue weighted by Gasteiger charge is 2.41. The van der Waals surface area contributed by atoms with Gasteiger partial charge in [-0.1, -0.05) is 0 Å². The lowest BCUT2D eigenvalue weighted by Gasteiger charge is -2.19. The van der Waals surface area contributed by atoms with Gasteiger partial charge in [0.15, 0.2) is 0 Å². The Morgan fingerprint density at radius 1 is 1.57 bits per heavy atom. The molecule has 14 heavy (non-hydrogen) atoms. The van der Waals surface area contributed by atoms with Crippen molar-refractivity contribution in [2.24, 2.45) is 7.05 Å². The number of aliphatic hydroxyl groups is 1. The SMILES string of the molecule is CC1CC(O)(c2ccn(C)n2)CN1C. The Morgan fingerprint density at radius 2 is 2.29 bits per heavy atom. The molecule has 1 N–H and O–H groups in total. The van der Waals surface area contributed by atoms with Crippen molar-refractivity contribution >= 4 is 0 Å². The molecule has 4 nitrogen and oxygen atoms in total. The third-order valence-corrected chi connectivity index (χ3v) is 3.09. The molecule has 1 aromatic heterocycles. The van der Waals surface area contributed by atoms with E-state index in [1.54, 1.807) is 4.68 Å². The fourth-order valence-electron chi connectivity index (χ4n) is 2.13. The summed E-state index contributed by atoms with van der Waals surface area (Å²) in [4.78, 5) is 2.16. The van der Waals surface area contributed by atoms with Crippen molar-refractivity contribution in [1.82, 2.24) is 14.7 Å². The summed E-state index contributed by atoms with van der Waals surface area (Å²) in [6, 6.07) is 2.31. The highest BCUT2D eigenvalue weighted by Crippen LogP contribution is 2.33. The van der Waals surface area contributed by atoms with Gasteiger partial charge in [0, 0.05) is 25.8 Å². The zero-order valence-corrected chi connectivity index (χ0v) is 8.94. The van der Waals surface area contributed by atoms with Gasteiger partial charge in [-0.2, -0.15) is 5.10 Å². The van der Waals surface area contributed by atoms with Gasteiger partial charge in [0.25, 0.3) is 0 Å². The molecular weight excluding hydrogens is 178 g/mol. The molecule has 0 spiro atoms. The number of hydrogen-bond donors (Lipinski definition) is 1. The molecule has 1 aromatic rings. The zero-order valence-electron chi connectivity index (χ0n) is 8.94. The predicted octanol–water partition coefficient (Wildman–Crippen LogP) is 0.332. The van der Waals surface area contributed by atoms with Gasteiger partial charge in [0.05, 0.1) is 5.69 Å².